The zero-order chi connectivity index (χ0) is 19.0. The Kier molecular flexibility index (Phi) is 4.30. The molecule has 0 aliphatic heterocycles. The number of carbonyl (C=O) groups is 1. The highest BCUT2D eigenvalue weighted by molar-refractivity contribution is 5.94. The van der Waals surface area contributed by atoms with E-state index in [0.29, 0.717) is 17.3 Å². The Hall–Kier alpha value is -2.95. The molecule has 27 heavy (non-hydrogen) atoms. The van der Waals surface area contributed by atoms with Crippen LogP contribution in [0.3, 0.4) is 0 Å². The highest BCUT2D eigenvalue weighted by Crippen LogP contribution is 2.41. The summed E-state index contributed by atoms with van der Waals surface area (Å²) in [6.45, 7) is 6.31. The third kappa shape index (κ3) is 3.37. The van der Waals surface area contributed by atoms with Crippen molar-refractivity contribution < 1.29 is 9.32 Å². The van der Waals surface area contributed by atoms with Gasteiger partial charge in [-0.15, -0.1) is 0 Å². The van der Waals surface area contributed by atoms with Crippen molar-refractivity contribution in [2.75, 3.05) is 0 Å². The van der Waals surface area contributed by atoms with Gasteiger partial charge in [-0.2, -0.15) is 4.98 Å². The lowest BCUT2D eigenvalue weighted by Gasteiger charge is -2.37. The van der Waals surface area contributed by atoms with Gasteiger partial charge in [0.15, 0.2) is 5.82 Å². The van der Waals surface area contributed by atoms with Crippen LogP contribution in [0.25, 0.3) is 11.5 Å². The fourth-order valence-electron chi connectivity index (χ4n) is 3.78. The van der Waals surface area contributed by atoms with Crippen molar-refractivity contribution in [1.82, 2.24) is 15.5 Å². The quantitative estimate of drug-likeness (QED) is 0.741. The van der Waals surface area contributed by atoms with E-state index in [1.54, 1.807) is 19.1 Å². The number of nitrogens with zero attached hydrogens (tertiary/aromatic N) is 2. The van der Waals surface area contributed by atoms with E-state index in [2.05, 4.69) is 47.5 Å². The molecule has 1 amide bonds. The van der Waals surface area contributed by atoms with Crippen molar-refractivity contribution in [2.45, 2.75) is 45.1 Å². The van der Waals surface area contributed by atoms with Crippen molar-refractivity contribution in [3.63, 3.8) is 0 Å². The van der Waals surface area contributed by atoms with Crippen molar-refractivity contribution in [1.29, 1.82) is 0 Å². The second-order valence-electron chi connectivity index (χ2n) is 7.76. The molecule has 0 bridgehead atoms. The lowest BCUT2D eigenvalue weighted by atomic mass is 9.71. The molecule has 1 aliphatic rings. The van der Waals surface area contributed by atoms with E-state index in [9.17, 15) is 4.79 Å². The van der Waals surface area contributed by atoms with Crippen molar-refractivity contribution in [2.24, 2.45) is 0 Å². The van der Waals surface area contributed by atoms with Gasteiger partial charge >= 0.3 is 0 Å². The van der Waals surface area contributed by atoms with Gasteiger partial charge in [0.2, 0.25) is 0 Å². The largest absolute Gasteiger partial charge is 0.345 e. The maximum atomic E-state index is 12.8. The summed E-state index contributed by atoms with van der Waals surface area (Å²) in [5.41, 5.74) is 4.11. The molecule has 1 aromatic heterocycles. The first-order chi connectivity index (χ1) is 12.9. The van der Waals surface area contributed by atoms with Gasteiger partial charge in [-0.05, 0) is 60.6 Å². The molecule has 0 fully saturated rings. The summed E-state index contributed by atoms with van der Waals surface area (Å²) in [6, 6.07) is 15.7. The van der Waals surface area contributed by atoms with Gasteiger partial charge in [-0.3, -0.25) is 4.79 Å². The van der Waals surface area contributed by atoms with Crippen LogP contribution >= 0.6 is 0 Å². The van der Waals surface area contributed by atoms with Crippen molar-refractivity contribution in [3.8, 4) is 11.5 Å². The number of fused-ring (bicyclic) bond motifs is 1. The molecule has 138 valence electrons. The Balaban J connectivity index is 1.53. The zero-order valence-corrected chi connectivity index (χ0v) is 15.8. The van der Waals surface area contributed by atoms with Crippen LogP contribution in [0.2, 0.25) is 0 Å². The van der Waals surface area contributed by atoms with E-state index in [-0.39, 0.29) is 17.4 Å². The SMILES string of the molecule is Cc1noc(-c2ccc(C(=O)NC3CCC(C)(C)c4ccccc43)cc2)n1. The van der Waals surface area contributed by atoms with Crippen LogP contribution in [0.4, 0.5) is 0 Å². The van der Waals surface area contributed by atoms with Crippen LogP contribution in [-0.4, -0.2) is 16.0 Å². The molecule has 1 aliphatic carbocycles. The summed E-state index contributed by atoms with van der Waals surface area (Å²) in [5.74, 6) is 0.983. The van der Waals surface area contributed by atoms with Gasteiger partial charge in [0.25, 0.3) is 11.8 Å². The van der Waals surface area contributed by atoms with E-state index in [1.807, 2.05) is 18.2 Å². The Morgan fingerprint density at radius 1 is 1.15 bits per heavy atom. The molecule has 0 radical (unpaired) electrons. The van der Waals surface area contributed by atoms with Gasteiger partial charge in [0, 0.05) is 11.1 Å². The molecule has 1 N–H and O–H groups in total. The number of carbonyl (C=O) groups excluding carboxylic acids is 1. The lowest BCUT2D eigenvalue weighted by Crippen LogP contribution is -2.35. The van der Waals surface area contributed by atoms with Crippen LogP contribution in [0.5, 0.6) is 0 Å². The molecule has 3 aromatic rings. The molecule has 0 spiro atoms. The summed E-state index contributed by atoms with van der Waals surface area (Å²) < 4.78 is 5.17. The minimum atomic E-state index is -0.0669. The standard InChI is InChI=1S/C22H23N3O2/c1-14-23-21(27-25-14)16-10-8-15(9-11-16)20(26)24-19-12-13-22(2,3)18-7-5-4-6-17(18)19/h4-11,19H,12-13H2,1-3H3,(H,24,26). The number of rotatable bonds is 3. The highest BCUT2D eigenvalue weighted by atomic mass is 16.5. The van der Waals surface area contributed by atoms with Crippen LogP contribution in [0, 0.1) is 6.92 Å². The fraction of sp³-hybridized carbons (Fsp3) is 0.318. The molecular weight excluding hydrogens is 338 g/mol. The first-order valence-corrected chi connectivity index (χ1v) is 9.25. The number of amides is 1. The average Bonchev–Trinajstić information content (AvgIpc) is 3.11. The third-order valence-corrected chi connectivity index (χ3v) is 5.35. The first kappa shape index (κ1) is 17.5. The van der Waals surface area contributed by atoms with E-state index in [0.717, 1.165) is 18.4 Å². The molecule has 1 atom stereocenters. The van der Waals surface area contributed by atoms with E-state index in [4.69, 9.17) is 4.52 Å². The second kappa shape index (κ2) is 6.65. The number of nitrogens with one attached hydrogen (secondary N) is 1. The van der Waals surface area contributed by atoms with E-state index >= 15 is 0 Å². The Bertz CT molecular complexity index is 973. The molecule has 0 saturated heterocycles. The van der Waals surface area contributed by atoms with E-state index < -0.39 is 0 Å². The number of hydrogen-bond donors (Lipinski definition) is 1. The van der Waals surface area contributed by atoms with Gasteiger partial charge in [-0.1, -0.05) is 43.3 Å². The maximum absolute atomic E-state index is 12.8. The fourth-order valence-corrected chi connectivity index (χ4v) is 3.78. The smallest absolute Gasteiger partial charge is 0.257 e. The normalized spacial score (nSPS) is 18.0. The summed E-state index contributed by atoms with van der Waals surface area (Å²) in [7, 11) is 0. The third-order valence-electron chi connectivity index (χ3n) is 5.35. The number of hydrogen-bond acceptors (Lipinski definition) is 4. The summed E-state index contributed by atoms with van der Waals surface area (Å²) in [5, 5.41) is 7.00. The van der Waals surface area contributed by atoms with Gasteiger partial charge in [0.05, 0.1) is 6.04 Å². The van der Waals surface area contributed by atoms with Crippen LogP contribution in [-0.2, 0) is 5.41 Å². The lowest BCUT2D eigenvalue weighted by molar-refractivity contribution is 0.0929. The van der Waals surface area contributed by atoms with Gasteiger partial charge < -0.3 is 9.84 Å². The summed E-state index contributed by atoms with van der Waals surface area (Å²) in [6.07, 6.45) is 1.99. The van der Waals surface area contributed by atoms with Crippen LogP contribution in [0.1, 0.15) is 60.0 Å². The van der Waals surface area contributed by atoms with Crippen LogP contribution < -0.4 is 5.32 Å². The minimum Gasteiger partial charge on any atom is -0.345 e. The van der Waals surface area contributed by atoms with E-state index in [1.165, 1.54) is 11.1 Å². The number of aryl methyl sites for hydroxylation is 1. The molecular formula is C22H23N3O2. The topological polar surface area (TPSA) is 68.0 Å². The minimum absolute atomic E-state index is 0.0417. The van der Waals surface area contributed by atoms with Crippen molar-refractivity contribution >= 4 is 5.91 Å². The van der Waals surface area contributed by atoms with Gasteiger partial charge in [0.1, 0.15) is 0 Å². The zero-order valence-electron chi connectivity index (χ0n) is 15.8. The summed E-state index contributed by atoms with van der Waals surface area (Å²) in [4.78, 5) is 17.0. The van der Waals surface area contributed by atoms with Crippen LogP contribution in [0.15, 0.2) is 53.1 Å². The molecule has 1 heterocycles. The monoisotopic (exact) mass is 361 g/mol. The second-order valence-corrected chi connectivity index (χ2v) is 7.76. The molecule has 2 aromatic carbocycles. The molecule has 0 saturated carbocycles. The van der Waals surface area contributed by atoms with Crippen molar-refractivity contribution in [3.05, 3.63) is 71.0 Å². The predicted molar refractivity (Wildman–Crippen MR) is 103 cm³/mol. The number of aromatic nitrogens is 2. The molecule has 4 rings (SSSR count). The molecule has 5 nitrogen and oxygen atoms in total. The molecule has 5 heteroatoms. The maximum Gasteiger partial charge on any atom is 0.257 e. The Labute approximate surface area is 158 Å². The highest BCUT2D eigenvalue weighted by Gasteiger charge is 2.32. The first-order valence-electron chi connectivity index (χ1n) is 9.25. The average molecular weight is 361 g/mol. The number of benzene rings is 2. The summed E-state index contributed by atoms with van der Waals surface area (Å²) >= 11 is 0. The Morgan fingerprint density at radius 2 is 1.89 bits per heavy atom. The van der Waals surface area contributed by atoms with Gasteiger partial charge in [-0.25, -0.2) is 0 Å². The Morgan fingerprint density at radius 3 is 2.59 bits per heavy atom. The molecule has 1 unspecified atom stereocenters. The predicted octanol–water partition coefficient (Wildman–Crippen LogP) is 4.59.